The molecule has 0 saturated carbocycles. The Bertz CT molecular complexity index is 959. The Morgan fingerprint density at radius 2 is 1.71 bits per heavy atom. The molecule has 0 bridgehead atoms. The monoisotopic (exact) mass is 500 g/mol. The third-order valence-corrected chi connectivity index (χ3v) is 7.35. The van der Waals surface area contributed by atoms with E-state index in [1.54, 1.807) is 0 Å². The SMILES string of the molecule is CCN1CCN(C(=O)CSc2nc(Cl)cc(N3CCN(CC=Cc4ccccc4)CC3)n2)CC1. The number of aromatic nitrogens is 2. The van der Waals surface area contributed by atoms with Crippen LogP contribution < -0.4 is 4.90 Å². The van der Waals surface area contributed by atoms with Crippen LogP contribution in [0.5, 0.6) is 0 Å². The predicted molar refractivity (Wildman–Crippen MR) is 141 cm³/mol. The highest BCUT2D eigenvalue weighted by atomic mass is 35.5. The van der Waals surface area contributed by atoms with Crippen LogP contribution in [-0.2, 0) is 4.79 Å². The number of likely N-dealkylation sites (N-methyl/N-ethyl adjacent to an activating group) is 1. The maximum atomic E-state index is 12.6. The van der Waals surface area contributed by atoms with Gasteiger partial charge in [0.05, 0.1) is 5.75 Å². The van der Waals surface area contributed by atoms with E-state index in [2.05, 4.69) is 63.0 Å². The van der Waals surface area contributed by atoms with Gasteiger partial charge in [-0.2, -0.15) is 0 Å². The van der Waals surface area contributed by atoms with Crippen LogP contribution in [-0.4, -0.2) is 102 Å². The fourth-order valence-corrected chi connectivity index (χ4v) is 5.19. The summed E-state index contributed by atoms with van der Waals surface area (Å²) in [6.45, 7) is 11.3. The van der Waals surface area contributed by atoms with Gasteiger partial charge in [0, 0.05) is 65.0 Å². The standard InChI is InChI=1S/C25H33ClN6OS/c1-2-29-11-17-32(18-12-29)24(33)20-34-25-27-22(26)19-23(28-25)31-15-13-30(14-16-31)10-6-9-21-7-4-3-5-8-21/h3-9,19H,2,10-18,20H2,1H3. The molecule has 2 aromatic rings. The van der Waals surface area contributed by atoms with Gasteiger partial charge < -0.3 is 14.7 Å². The van der Waals surface area contributed by atoms with Gasteiger partial charge in [0.15, 0.2) is 5.16 Å². The molecule has 9 heteroatoms. The molecule has 3 heterocycles. The molecule has 7 nitrogen and oxygen atoms in total. The third-order valence-electron chi connectivity index (χ3n) is 6.33. The minimum absolute atomic E-state index is 0.142. The van der Waals surface area contributed by atoms with Gasteiger partial charge in [-0.05, 0) is 12.1 Å². The summed E-state index contributed by atoms with van der Waals surface area (Å²) in [7, 11) is 0. The van der Waals surface area contributed by atoms with Crippen LogP contribution in [0.3, 0.4) is 0 Å². The van der Waals surface area contributed by atoms with E-state index in [0.717, 1.165) is 71.3 Å². The lowest BCUT2D eigenvalue weighted by Gasteiger charge is -2.35. The normalized spacial score (nSPS) is 18.1. The first kappa shape index (κ1) is 25.0. The Labute approximate surface area is 211 Å². The summed E-state index contributed by atoms with van der Waals surface area (Å²) in [5, 5.41) is 0.987. The lowest BCUT2D eigenvalue weighted by atomic mass is 10.2. The summed E-state index contributed by atoms with van der Waals surface area (Å²) in [4.78, 5) is 30.7. The molecule has 0 atom stereocenters. The van der Waals surface area contributed by atoms with Gasteiger partial charge in [-0.3, -0.25) is 9.69 Å². The van der Waals surface area contributed by atoms with Crippen molar-refractivity contribution >= 4 is 41.2 Å². The van der Waals surface area contributed by atoms with Crippen LogP contribution in [0.4, 0.5) is 5.82 Å². The maximum absolute atomic E-state index is 12.6. The molecule has 0 aliphatic carbocycles. The fourth-order valence-electron chi connectivity index (χ4n) is 4.20. The molecule has 2 aliphatic heterocycles. The maximum Gasteiger partial charge on any atom is 0.233 e. The zero-order valence-corrected chi connectivity index (χ0v) is 21.3. The van der Waals surface area contributed by atoms with E-state index in [9.17, 15) is 4.79 Å². The molecule has 0 spiro atoms. The second-order valence-electron chi connectivity index (χ2n) is 8.54. The van der Waals surface area contributed by atoms with E-state index >= 15 is 0 Å². The molecule has 34 heavy (non-hydrogen) atoms. The van der Waals surface area contributed by atoms with Crippen molar-refractivity contribution in [3.63, 3.8) is 0 Å². The molecule has 0 radical (unpaired) electrons. The summed E-state index contributed by atoms with van der Waals surface area (Å²) in [6, 6.07) is 12.2. The van der Waals surface area contributed by atoms with Gasteiger partial charge in [-0.1, -0.05) is 72.8 Å². The van der Waals surface area contributed by atoms with Crippen LogP contribution >= 0.6 is 23.4 Å². The topological polar surface area (TPSA) is 55.8 Å². The lowest BCUT2D eigenvalue weighted by Crippen LogP contribution is -2.49. The highest BCUT2D eigenvalue weighted by Crippen LogP contribution is 2.23. The summed E-state index contributed by atoms with van der Waals surface area (Å²) < 4.78 is 0. The number of anilines is 1. The van der Waals surface area contributed by atoms with Gasteiger partial charge in [0.2, 0.25) is 5.91 Å². The van der Waals surface area contributed by atoms with E-state index < -0.39 is 0 Å². The Balaban J connectivity index is 1.25. The molecule has 1 aromatic carbocycles. The number of halogens is 1. The molecule has 4 rings (SSSR count). The van der Waals surface area contributed by atoms with Crippen molar-refractivity contribution in [1.29, 1.82) is 0 Å². The fraction of sp³-hybridized carbons (Fsp3) is 0.480. The number of benzene rings is 1. The minimum atomic E-state index is 0.142. The number of hydrogen-bond acceptors (Lipinski definition) is 7. The zero-order chi connectivity index (χ0) is 23.8. The summed E-state index contributed by atoms with van der Waals surface area (Å²) in [5.41, 5.74) is 1.23. The quantitative estimate of drug-likeness (QED) is 0.313. The second-order valence-corrected chi connectivity index (χ2v) is 9.87. The Kier molecular flexibility index (Phi) is 9.21. The molecule has 1 amide bonds. The van der Waals surface area contributed by atoms with Crippen LogP contribution in [0, 0.1) is 0 Å². The van der Waals surface area contributed by atoms with E-state index in [0.29, 0.717) is 16.1 Å². The third kappa shape index (κ3) is 7.18. The zero-order valence-electron chi connectivity index (χ0n) is 19.8. The molecule has 2 aliphatic rings. The first-order valence-corrected chi connectivity index (χ1v) is 13.3. The predicted octanol–water partition coefficient (Wildman–Crippen LogP) is 3.22. The Morgan fingerprint density at radius 1 is 1.00 bits per heavy atom. The van der Waals surface area contributed by atoms with Gasteiger partial charge in [0.1, 0.15) is 11.0 Å². The molecule has 0 unspecified atom stereocenters. The number of rotatable bonds is 8. The van der Waals surface area contributed by atoms with Gasteiger partial charge in [-0.15, -0.1) is 0 Å². The number of nitrogens with zero attached hydrogens (tertiary/aromatic N) is 6. The molecule has 182 valence electrons. The second kappa shape index (κ2) is 12.5. The van der Waals surface area contributed by atoms with Crippen LogP contribution in [0.15, 0.2) is 47.6 Å². The highest BCUT2D eigenvalue weighted by Gasteiger charge is 2.22. The average molecular weight is 501 g/mol. The Hall–Kier alpha value is -2.13. The van der Waals surface area contributed by atoms with Gasteiger partial charge in [-0.25, -0.2) is 9.97 Å². The Morgan fingerprint density at radius 3 is 2.41 bits per heavy atom. The molecule has 0 N–H and O–H groups in total. The van der Waals surface area contributed by atoms with E-state index in [1.165, 1.54) is 17.3 Å². The highest BCUT2D eigenvalue weighted by molar-refractivity contribution is 7.99. The summed E-state index contributed by atoms with van der Waals surface area (Å²) >= 11 is 7.68. The number of carbonyl (C=O) groups excluding carboxylic acids is 1. The van der Waals surface area contributed by atoms with Crippen LogP contribution in [0.2, 0.25) is 5.15 Å². The van der Waals surface area contributed by atoms with Crippen LogP contribution in [0.25, 0.3) is 6.08 Å². The smallest absolute Gasteiger partial charge is 0.233 e. The van der Waals surface area contributed by atoms with Crippen molar-refractivity contribution in [1.82, 2.24) is 24.7 Å². The van der Waals surface area contributed by atoms with Crippen molar-refractivity contribution in [3.05, 3.63) is 53.2 Å². The van der Waals surface area contributed by atoms with Gasteiger partial charge >= 0.3 is 0 Å². The molecule has 2 fully saturated rings. The summed E-state index contributed by atoms with van der Waals surface area (Å²) in [5.74, 6) is 1.32. The number of amides is 1. The average Bonchev–Trinajstić information content (AvgIpc) is 2.88. The first-order chi connectivity index (χ1) is 16.6. The molecule has 1 aromatic heterocycles. The van der Waals surface area contributed by atoms with E-state index in [4.69, 9.17) is 16.6 Å². The van der Waals surface area contributed by atoms with Crippen molar-refractivity contribution in [3.8, 4) is 0 Å². The number of hydrogen-bond donors (Lipinski definition) is 0. The van der Waals surface area contributed by atoms with Crippen molar-refractivity contribution in [2.45, 2.75) is 12.1 Å². The van der Waals surface area contributed by atoms with Crippen molar-refractivity contribution < 1.29 is 4.79 Å². The summed E-state index contributed by atoms with van der Waals surface area (Å²) in [6.07, 6.45) is 4.39. The van der Waals surface area contributed by atoms with E-state index in [1.807, 2.05) is 17.0 Å². The van der Waals surface area contributed by atoms with Crippen LogP contribution in [0.1, 0.15) is 12.5 Å². The molecular formula is C25H33ClN6OS. The van der Waals surface area contributed by atoms with Crippen molar-refractivity contribution in [2.24, 2.45) is 0 Å². The van der Waals surface area contributed by atoms with Gasteiger partial charge in [0.25, 0.3) is 0 Å². The number of piperazine rings is 2. The first-order valence-electron chi connectivity index (χ1n) is 12.0. The number of thioether (sulfide) groups is 1. The molecular weight excluding hydrogens is 468 g/mol. The minimum Gasteiger partial charge on any atom is -0.354 e. The number of carbonyl (C=O) groups is 1. The van der Waals surface area contributed by atoms with Crippen molar-refractivity contribution in [2.75, 3.05) is 76.1 Å². The largest absolute Gasteiger partial charge is 0.354 e. The molecule has 2 saturated heterocycles. The van der Waals surface area contributed by atoms with E-state index in [-0.39, 0.29) is 5.91 Å². The lowest BCUT2D eigenvalue weighted by molar-refractivity contribution is -0.130.